The van der Waals surface area contributed by atoms with E-state index in [0.717, 1.165) is 4.90 Å². The summed E-state index contributed by atoms with van der Waals surface area (Å²) in [6.07, 6.45) is 1.99. The molecule has 0 aliphatic rings. The van der Waals surface area contributed by atoms with Gasteiger partial charge < -0.3 is 5.11 Å². The van der Waals surface area contributed by atoms with Gasteiger partial charge in [-0.3, -0.25) is 0 Å². The highest BCUT2D eigenvalue weighted by Crippen LogP contribution is 2.43. The Morgan fingerprint density at radius 1 is 1.38 bits per heavy atom. The second-order valence-electron chi connectivity index (χ2n) is 2.89. The molecule has 68 valence electrons. The molecule has 1 heterocycles. The van der Waals surface area contributed by atoms with Gasteiger partial charge in [0, 0.05) is 10.1 Å². The first-order valence-electron chi connectivity index (χ1n) is 3.99. The Labute approximate surface area is 85.4 Å². The summed E-state index contributed by atoms with van der Waals surface area (Å²) in [5.74, 6) is 0. The number of benzene rings is 1. The topological polar surface area (TPSA) is 20.2 Å². The van der Waals surface area contributed by atoms with Gasteiger partial charge in [0.15, 0.2) is 5.06 Å². The van der Waals surface area contributed by atoms with Crippen molar-refractivity contribution in [2.75, 3.05) is 6.26 Å². The van der Waals surface area contributed by atoms with Crippen molar-refractivity contribution in [3.63, 3.8) is 0 Å². The normalized spacial score (nSPS) is 10.9. The molecule has 2 rings (SSSR count). The fourth-order valence-electron chi connectivity index (χ4n) is 1.46. The Kier molecular flexibility index (Phi) is 2.22. The van der Waals surface area contributed by atoms with E-state index >= 15 is 0 Å². The molecule has 1 N–H and O–H groups in total. The second-order valence-corrected chi connectivity index (χ2v) is 4.74. The van der Waals surface area contributed by atoms with Crippen LogP contribution in [0.2, 0.25) is 0 Å². The van der Waals surface area contributed by atoms with Crippen LogP contribution >= 0.6 is 23.1 Å². The average Bonchev–Trinajstić information content (AvgIpc) is 2.42. The monoisotopic (exact) mass is 210 g/mol. The zero-order valence-corrected chi connectivity index (χ0v) is 9.13. The number of fused-ring (bicyclic) bond motifs is 1. The van der Waals surface area contributed by atoms with E-state index in [2.05, 4.69) is 13.0 Å². The molecule has 2 aromatic rings. The van der Waals surface area contributed by atoms with E-state index in [-0.39, 0.29) is 0 Å². The van der Waals surface area contributed by atoms with Crippen molar-refractivity contribution in [1.82, 2.24) is 0 Å². The molecular weight excluding hydrogens is 200 g/mol. The lowest BCUT2D eigenvalue weighted by molar-refractivity contribution is 0.480. The highest BCUT2D eigenvalue weighted by Gasteiger charge is 2.11. The number of hydrogen-bond donors (Lipinski definition) is 1. The standard InChI is InChI=1S/C10H10OS2/c1-6-4-3-5-7-8(6)9(12-2)10(11)13-7/h3-5,11H,1-2H3. The van der Waals surface area contributed by atoms with Gasteiger partial charge in [0.05, 0.1) is 4.90 Å². The van der Waals surface area contributed by atoms with Crippen LogP contribution in [0.5, 0.6) is 5.06 Å². The minimum atomic E-state index is 0.441. The molecule has 13 heavy (non-hydrogen) atoms. The number of hydrogen-bond acceptors (Lipinski definition) is 3. The summed E-state index contributed by atoms with van der Waals surface area (Å²) in [5.41, 5.74) is 1.23. The van der Waals surface area contributed by atoms with Crippen LogP contribution in [-0.4, -0.2) is 11.4 Å². The summed E-state index contributed by atoms with van der Waals surface area (Å²) >= 11 is 3.06. The minimum absolute atomic E-state index is 0.441. The fraction of sp³-hybridized carbons (Fsp3) is 0.200. The summed E-state index contributed by atoms with van der Waals surface area (Å²) in [4.78, 5) is 1.01. The van der Waals surface area contributed by atoms with Crippen LogP contribution in [0.1, 0.15) is 5.56 Å². The molecule has 0 aliphatic heterocycles. The Morgan fingerprint density at radius 2 is 2.15 bits per heavy atom. The number of thiophene rings is 1. The lowest BCUT2D eigenvalue weighted by Crippen LogP contribution is -1.73. The Balaban J connectivity index is 2.88. The quantitative estimate of drug-likeness (QED) is 0.725. The van der Waals surface area contributed by atoms with E-state index in [0.29, 0.717) is 5.06 Å². The zero-order chi connectivity index (χ0) is 9.42. The van der Waals surface area contributed by atoms with Gasteiger partial charge in [-0.2, -0.15) is 0 Å². The van der Waals surface area contributed by atoms with E-state index in [9.17, 15) is 5.11 Å². The van der Waals surface area contributed by atoms with Gasteiger partial charge in [0.2, 0.25) is 0 Å². The molecule has 1 aromatic heterocycles. The summed E-state index contributed by atoms with van der Waals surface area (Å²) < 4.78 is 1.17. The predicted octanol–water partition coefficient (Wildman–Crippen LogP) is 3.64. The molecule has 0 saturated carbocycles. The lowest BCUT2D eigenvalue weighted by Gasteiger charge is -1.97. The number of aromatic hydroxyl groups is 1. The third-order valence-electron chi connectivity index (χ3n) is 2.07. The summed E-state index contributed by atoms with van der Waals surface area (Å²) in [5, 5.41) is 11.3. The molecule has 0 saturated heterocycles. The zero-order valence-electron chi connectivity index (χ0n) is 7.50. The van der Waals surface area contributed by atoms with Crippen molar-refractivity contribution in [3.05, 3.63) is 23.8 Å². The minimum Gasteiger partial charge on any atom is -0.499 e. The fourth-order valence-corrected chi connectivity index (χ4v) is 3.47. The second kappa shape index (κ2) is 3.24. The van der Waals surface area contributed by atoms with Crippen LogP contribution in [0, 0.1) is 6.92 Å². The van der Waals surface area contributed by atoms with Crippen molar-refractivity contribution in [2.24, 2.45) is 0 Å². The molecule has 0 bridgehead atoms. The summed E-state index contributed by atoms with van der Waals surface area (Å²) in [7, 11) is 0. The van der Waals surface area contributed by atoms with Crippen LogP contribution in [0.25, 0.3) is 10.1 Å². The van der Waals surface area contributed by atoms with Crippen LogP contribution < -0.4 is 0 Å². The number of thioether (sulfide) groups is 1. The molecule has 0 amide bonds. The van der Waals surface area contributed by atoms with Crippen molar-refractivity contribution in [1.29, 1.82) is 0 Å². The van der Waals surface area contributed by atoms with E-state index in [1.165, 1.54) is 27.0 Å². The van der Waals surface area contributed by atoms with Crippen LogP contribution in [0.4, 0.5) is 0 Å². The first-order valence-corrected chi connectivity index (χ1v) is 6.03. The molecule has 0 aliphatic carbocycles. The largest absolute Gasteiger partial charge is 0.499 e. The molecule has 3 heteroatoms. The SMILES string of the molecule is CSc1c(O)sc2cccc(C)c12. The van der Waals surface area contributed by atoms with Crippen molar-refractivity contribution < 1.29 is 5.11 Å². The summed E-state index contributed by atoms with van der Waals surface area (Å²) in [6.45, 7) is 2.08. The van der Waals surface area contributed by atoms with Gasteiger partial charge in [0.1, 0.15) is 0 Å². The van der Waals surface area contributed by atoms with Gasteiger partial charge in [-0.25, -0.2) is 0 Å². The predicted molar refractivity (Wildman–Crippen MR) is 60.0 cm³/mol. The molecule has 1 aromatic carbocycles. The molecule has 0 unspecified atom stereocenters. The Morgan fingerprint density at radius 3 is 2.85 bits per heavy atom. The average molecular weight is 210 g/mol. The van der Waals surface area contributed by atoms with Crippen LogP contribution in [0.15, 0.2) is 23.1 Å². The number of rotatable bonds is 1. The maximum Gasteiger partial charge on any atom is 0.186 e. The van der Waals surface area contributed by atoms with Crippen molar-refractivity contribution >= 4 is 33.2 Å². The molecule has 0 radical (unpaired) electrons. The number of aryl methyl sites for hydroxylation is 1. The van der Waals surface area contributed by atoms with Crippen molar-refractivity contribution in [3.8, 4) is 5.06 Å². The first-order chi connectivity index (χ1) is 6.24. The van der Waals surface area contributed by atoms with Gasteiger partial charge in [-0.05, 0) is 24.8 Å². The summed E-state index contributed by atoms with van der Waals surface area (Å²) in [6, 6.07) is 6.15. The van der Waals surface area contributed by atoms with E-state index in [1.807, 2.05) is 18.4 Å². The maximum atomic E-state index is 9.66. The van der Waals surface area contributed by atoms with Crippen molar-refractivity contribution in [2.45, 2.75) is 11.8 Å². The molecule has 0 spiro atoms. The molecule has 0 atom stereocenters. The van der Waals surface area contributed by atoms with Gasteiger partial charge in [-0.1, -0.05) is 23.5 Å². The Hall–Kier alpha value is -0.670. The van der Waals surface area contributed by atoms with E-state index in [1.54, 1.807) is 11.8 Å². The third-order valence-corrected chi connectivity index (χ3v) is 3.96. The third kappa shape index (κ3) is 1.32. The van der Waals surface area contributed by atoms with Gasteiger partial charge in [-0.15, -0.1) is 11.8 Å². The smallest absolute Gasteiger partial charge is 0.186 e. The lowest BCUT2D eigenvalue weighted by atomic mass is 10.1. The first kappa shape index (κ1) is 8.91. The van der Waals surface area contributed by atoms with Crippen LogP contribution in [-0.2, 0) is 0 Å². The van der Waals surface area contributed by atoms with Crippen LogP contribution in [0.3, 0.4) is 0 Å². The molecular formula is C10H10OS2. The van der Waals surface area contributed by atoms with Gasteiger partial charge >= 0.3 is 0 Å². The van der Waals surface area contributed by atoms with Gasteiger partial charge in [0.25, 0.3) is 0 Å². The van der Waals surface area contributed by atoms with E-state index < -0.39 is 0 Å². The highest BCUT2D eigenvalue weighted by atomic mass is 32.2. The maximum absolute atomic E-state index is 9.66. The van der Waals surface area contributed by atoms with E-state index in [4.69, 9.17) is 0 Å². The highest BCUT2D eigenvalue weighted by molar-refractivity contribution is 7.99. The Bertz CT molecular complexity index is 445. The molecule has 1 nitrogen and oxygen atoms in total. The molecule has 0 fully saturated rings.